The lowest BCUT2D eigenvalue weighted by atomic mass is 9.76. The van der Waals surface area contributed by atoms with Crippen LogP contribution < -0.4 is 10.1 Å². The van der Waals surface area contributed by atoms with Crippen molar-refractivity contribution in [3.8, 4) is 5.75 Å². The van der Waals surface area contributed by atoms with Gasteiger partial charge < -0.3 is 15.0 Å². The third-order valence-electron chi connectivity index (χ3n) is 7.35. The molecule has 5 heteroatoms. The Morgan fingerprint density at radius 3 is 2.48 bits per heavy atom. The second kappa shape index (κ2) is 8.74. The molecule has 5 nitrogen and oxygen atoms in total. The number of likely N-dealkylation sites (N-methyl/N-ethyl adjacent to an activating group) is 1. The number of methoxy groups -OCH3 is 1. The van der Waals surface area contributed by atoms with Crippen LogP contribution in [0.5, 0.6) is 5.75 Å². The van der Waals surface area contributed by atoms with Gasteiger partial charge in [-0.05, 0) is 47.6 Å². The van der Waals surface area contributed by atoms with Crippen molar-refractivity contribution in [3.05, 3.63) is 65.2 Å². The van der Waals surface area contributed by atoms with Crippen molar-refractivity contribution in [2.24, 2.45) is 11.8 Å². The SMILES string of the molecule is COc1ccc([C@@H]2[C@H](C(=O)N[C@@H]3CCC[C@@H](C)[C@H]3C)c3ccccc3C(=O)N2C)cc1. The maximum absolute atomic E-state index is 13.8. The van der Waals surface area contributed by atoms with E-state index in [2.05, 4.69) is 19.2 Å². The number of rotatable bonds is 4. The fraction of sp³-hybridized carbons (Fsp3) is 0.462. The predicted octanol–water partition coefficient (Wildman–Crippen LogP) is 4.55. The molecule has 1 aliphatic carbocycles. The number of hydrogen-bond donors (Lipinski definition) is 1. The van der Waals surface area contributed by atoms with E-state index < -0.39 is 5.92 Å². The molecule has 0 spiro atoms. The average molecular weight is 421 g/mol. The first-order chi connectivity index (χ1) is 14.9. The summed E-state index contributed by atoms with van der Waals surface area (Å²) < 4.78 is 5.30. The molecule has 2 amide bonds. The standard InChI is InChI=1S/C26H32N2O3/c1-16-8-7-11-22(17(16)2)27-25(29)23-20-9-5-6-10-21(20)26(30)28(3)24(23)18-12-14-19(31-4)15-13-18/h5-6,9-10,12-17,22-24H,7-8,11H2,1-4H3,(H,27,29)/t16-,17-,22-,23-,24-/m1/s1. The molecule has 31 heavy (non-hydrogen) atoms. The Balaban J connectivity index is 1.73. The smallest absolute Gasteiger partial charge is 0.254 e. The zero-order chi connectivity index (χ0) is 22.1. The number of amides is 2. The van der Waals surface area contributed by atoms with E-state index in [0.717, 1.165) is 29.7 Å². The Morgan fingerprint density at radius 2 is 1.77 bits per heavy atom. The van der Waals surface area contributed by atoms with Crippen LogP contribution in [0.2, 0.25) is 0 Å². The molecule has 1 N–H and O–H groups in total. The molecule has 0 unspecified atom stereocenters. The van der Waals surface area contributed by atoms with Crippen molar-refractivity contribution in [1.29, 1.82) is 0 Å². The molecule has 1 saturated carbocycles. The van der Waals surface area contributed by atoms with Crippen molar-refractivity contribution in [2.45, 2.75) is 51.1 Å². The minimum absolute atomic E-state index is 0.00133. The van der Waals surface area contributed by atoms with E-state index in [1.165, 1.54) is 6.42 Å². The highest BCUT2D eigenvalue weighted by Crippen LogP contribution is 2.43. The molecule has 1 aliphatic heterocycles. The summed E-state index contributed by atoms with van der Waals surface area (Å²) >= 11 is 0. The van der Waals surface area contributed by atoms with Crippen LogP contribution in [0.3, 0.4) is 0 Å². The number of nitrogens with zero attached hydrogens (tertiary/aromatic N) is 1. The molecular formula is C26H32N2O3. The van der Waals surface area contributed by atoms with Gasteiger partial charge in [0.1, 0.15) is 5.75 Å². The highest BCUT2D eigenvalue weighted by atomic mass is 16.5. The third-order valence-corrected chi connectivity index (χ3v) is 7.35. The van der Waals surface area contributed by atoms with Gasteiger partial charge in [0, 0.05) is 18.7 Å². The fourth-order valence-corrected chi connectivity index (χ4v) is 5.23. The minimum atomic E-state index is -0.461. The number of nitrogens with one attached hydrogen (secondary N) is 1. The molecule has 4 rings (SSSR count). The van der Waals surface area contributed by atoms with E-state index in [1.807, 2.05) is 48.5 Å². The molecular weight excluding hydrogens is 388 g/mol. The van der Waals surface area contributed by atoms with Crippen LogP contribution in [0.25, 0.3) is 0 Å². The minimum Gasteiger partial charge on any atom is -0.497 e. The highest BCUT2D eigenvalue weighted by molar-refractivity contribution is 6.01. The number of benzene rings is 2. The number of hydrogen-bond acceptors (Lipinski definition) is 3. The molecule has 0 bridgehead atoms. The Morgan fingerprint density at radius 1 is 1.06 bits per heavy atom. The van der Waals surface area contributed by atoms with Crippen LogP contribution in [-0.4, -0.2) is 36.9 Å². The van der Waals surface area contributed by atoms with Gasteiger partial charge in [-0.3, -0.25) is 9.59 Å². The van der Waals surface area contributed by atoms with Gasteiger partial charge >= 0.3 is 0 Å². The summed E-state index contributed by atoms with van der Waals surface area (Å²) in [6, 6.07) is 15.0. The van der Waals surface area contributed by atoms with E-state index in [0.29, 0.717) is 17.4 Å². The van der Waals surface area contributed by atoms with Gasteiger partial charge in [-0.2, -0.15) is 0 Å². The number of carbonyl (C=O) groups is 2. The van der Waals surface area contributed by atoms with Crippen LogP contribution in [0.15, 0.2) is 48.5 Å². The van der Waals surface area contributed by atoms with E-state index in [4.69, 9.17) is 4.74 Å². The fourth-order valence-electron chi connectivity index (χ4n) is 5.23. The molecule has 1 fully saturated rings. The first-order valence-electron chi connectivity index (χ1n) is 11.2. The third kappa shape index (κ3) is 3.93. The summed E-state index contributed by atoms with van der Waals surface area (Å²) in [6.45, 7) is 4.51. The van der Waals surface area contributed by atoms with Gasteiger partial charge in [0.15, 0.2) is 0 Å². The molecule has 0 radical (unpaired) electrons. The van der Waals surface area contributed by atoms with Gasteiger partial charge in [0.25, 0.3) is 5.91 Å². The Bertz CT molecular complexity index is 955. The molecule has 2 aliphatic rings. The topological polar surface area (TPSA) is 58.6 Å². The second-order valence-electron chi connectivity index (χ2n) is 9.08. The molecule has 0 aromatic heterocycles. The summed E-state index contributed by atoms with van der Waals surface area (Å²) in [7, 11) is 3.42. The maximum atomic E-state index is 13.8. The van der Waals surface area contributed by atoms with E-state index in [9.17, 15) is 9.59 Å². The van der Waals surface area contributed by atoms with Crippen LogP contribution >= 0.6 is 0 Å². The summed E-state index contributed by atoms with van der Waals surface area (Å²) in [4.78, 5) is 28.6. The highest BCUT2D eigenvalue weighted by Gasteiger charge is 2.43. The average Bonchev–Trinajstić information content (AvgIpc) is 2.79. The summed E-state index contributed by atoms with van der Waals surface area (Å²) in [5.74, 6) is 1.27. The Hall–Kier alpha value is -2.82. The number of ether oxygens (including phenoxy) is 1. The predicted molar refractivity (Wildman–Crippen MR) is 121 cm³/mol. The van der Waals surface area contributed by atoms with Crippen molar-refractivity contribution in [2.75, 3.05) is 14.2 Å². The summed E-state index contributed by atoms with van der Waals surface area (Å²) in [6.07, 6.45) is 3.36. The van der Waals surface area contributed by atoms with Gasteiger partial charge in [-0.1, -0.05) is 57.0 Å². The molecule has 2 aromatic carbocycles. The van der Waals surface area contributed by atoms with E-state index in [-0.39, 0.29) is 23.9 Å². The van der Waals surface area contributed by atoms with Gasteiger partial charge in [-0.15, -0.1) is 0 Å². The van der Waals surface area contributed by atoms with Crippen LogP contribution in [0, 0.1) is 11.8 Å². The zero-order valence-electron chi connectivity index (χ0n) is 18.8. The maximum Gasteiger partial charge on any atom is 0.254 e. The Kier molecular flexibility index (Phi) is 6.03. The van der Waals surface area contributed by atoms with Crippen LogP contribution in [0.1, 0.15) is 66.6 Å². The van der Waals surface area contributed by atoms with Gasteiger partial charge in [0.05, 0.1) is 19.1 Å². The van der Waals surface area contributed by atoms with E-state index >= 15 is 0 Å². The molecule has 164 valence electrons. The van der Waals surface area contributed by atoms with Crippen LogP contribution in [-0.2, 0) is 4.79 Å². The summed E-state index contributed by atoms with van der Waals surface area (Å²) in [5, 5.41) is 3.37. The monoisotopic (exact) mass is 420 g/mol. The van der Waals surface area contributed by atoms with Crippen molar-refractivity contribution in [3.63, 3.8) is 0 Å². The lowest BCUT2D eigenvalue weighted by Gasteiger charge is -2.41. The number of fused-ring (bicyclic) bond motifs is 1. The molecule has 0 saturated heterocycles. The number of carbonyl (C=O) groups excluding carboxylic acids is 2. The first-order valence-corrected chi connectivity index (χ1v) is 11.2. The zero-order valence-corrected chi connectivity index (χ0v) is 18.8. The normalized spacial score (nSPS) is 28.1. The van der Waals surface area contributed by atoms with Gasteiger partial charge in [-0.25, -0.2) is 0 Å². The van der Waals surface area contributed by atoms with Gasteiger partial charge in [0.2, 0.25) is 5.91 Å². The van der Waals surface area contributed by atoms with Crippen molar-refractivity contribution >= 4 is 11.8 Å². The van der Waals surface area contributed by atoms with Crippen molar-refractivity contribution in [1.82, 2.24) is 10.2 Å². The lowest BCUT2D eigenvalue weighted by molar-refractivity contribution is -0.125. The molecule has 1 heterocycles. The lowest BCUT2D eigenvalue weighted by Crippen LogP contribution is -2.50. The Labute approximate surface area is 184 Å². The quantitative estimate of drug-likeness (QED) is 0.790. The largest absolute Gasteiger partial charge is 0.497 e. The summed E-state index contributed by atoms with van der Waals surface area (Å²) in [5.41, 5.74) is 2.34. The second-order valence-corrected chi connectivity index (χ2v) is 9.08. The van der Waals surface area contributed by atoms with Crippen molar-refractivity contribution < 1.29 is 14.3 Å². The first kappa shape index (κ1) is 21.4. The van der Waals surface area contributed by atoms with E-state index in [1.54, 1.807) is 19.1 Å². The molecule has 2 aromatic rings. The van der Waals surface area contributed by atoms with Crippen LogP contribution in [0.4, 0.5) is 0 Å². The molecule has 5 atom stereocenters.